The molecule has 3 heteroatoms. The number of carbonyl (C=O) groups is 2. The molecule has 0 saturated heterocycles. The fourth-order valence-corrected chi connectivity index (χ4v) is 0.623. The van der Waals surface area contributed by atoms with Crippen molar-refractivity contribution in [2.24, 2.45) is 0 Å². The van der Waals surface area contributed by atoms with Gasteiger partial charge in [-0.15, -0.1) is 0 Å². The molecule has 0 saturated carbocycles. The molecule has 66 valence electrons. The van der Waals surface area contributed by atoms with E-state index in [2.05, 4.69) is 5.32 Å². The Morgan fingerprint density at radius 2 is 1.82 bits per heavy atom. The molecule has 0 aliphatic carbocycles. The third-order valence-electron chi connectivity index (χ3n) is 1.21. The zero-order valence-corrected chi connectivity index (χ0v) is 6.44. The Bertz CT molecular complexity index is 132. The Hall–Kier alpha value is -0.860. The van der Waals surface area contributed by atoms with Crippen molar-refractivity contribution in [2.75, 3.05) is 7.05 Å². The van der Waals surface area contributed by atoms with E-state index in [1.807, 2.05) is 0 Å². The first kappa shape index (κ1) is 12.8. The summed E-state index contributed by atoms with van der Waals surface area (Å²) in [6.45, 7) is 1.53. The lowest BCUT2D eigenvalue weighted by Gasteiger charge is -1.95. The van der Waals surface area contributed by atoms with Crippen LogP contribution < -0.4 is 5.32 Å². The van der Waals surface area contributed by atoms with Gasteiger partial charge in [0.05, 0.1) is 0 Å². The molecule has 0 rings (SSSR count). The number of nitrogens with one attached hydrogen (secondary N) is 1. The third-order valence-corrected chi connectivity index (χ3v) is 1.21. The van der Waals surface area contributed by atoms with Gasteiger partial charge in [0, 0.05) is 19.9 Å². The van der Waals surface area contributed by atoms with Crippen LogP contribution in [0.1, 0.15) is 33.6 Å². The van der Waals surface area contributed by atoms with Crippen LogP contribution in [0.2, 0.25) is 0 Å². The summed E-state index contributed by atoms with van der Waals surface area (Å²) in [4.78, 5) is 21.0. The van der Waals surface area contributed by atoms with Gasteiger partial charge in [0.25, 0.3) is 0 Å². The Morgan fingerprint density at radius 3 is 2.18 bits per heavy atom. The summed E-state index contributed by atoms with van der Waals surface area (Å²) in [5, 5.41) is 2.49. The van der Waals surface area contributed by atoms with Gasteiger partial charge < -0.3 is 10.1 Å². The van der Waals surface area contributed by atoms with Gasteiger partial charge in [-0.1, -0.05) is 7.43 Å². The summed E-state index contributed by atoms with van der Waals surface area (Å²) < 4.78 is 0. The number of hydrogen-bond donors (Lipinski definition) is 1. The normalized spacial score (nSPS) is 8.18. The third kappa shape index (κ3) is 9.14. The van der Waals surface area contributed by atoms with E-state index in [9.17, 15) is 9.59 Å². The van der Waals surface area contributed by atoms with Gasteiger partial charge in [-0.2, -0.15) is 0 Å². The summed E-state index contributed by atoms with van der Waals surface area (Å²) in [6, 6.07) is 0. The monoisotopic (exact) mass is 159 g/mol. The van der Waals surface area contributed by atoms with Gasteiger partial charge in [-0.3, -0.25) is 4.79 Å². The van der Waals surface area contributed by atoms with Gasteiger partial charge >= 0.3 is 0 Å². The van der Waals surface area contributed by atoms with Crippen molar-refractivity contribution < 1.29 is 9.59 Å². The second kappa shape index (κ2) is 7.25. The van der Waals surface area contributed by atoms with Crippen molar-refractivity contribution in [1.29, 1.82) is 0 Å². The smallest absolute Gasteiger partial charge is 0.219 e. The van der Waals surface area contributed by atoms with Crippen molar-refractivity contribution in [3.05, 3.63) is 0 Å². The van der Waals surface area contributed by atoms with E-state index in [4.69, 9.17) is 0 Å². The first-order valence-corrected chi connectivity index (χ1v) is 3.37. The minimum absolute atomic E-state index is 0. The first-order chi connectivity index (χ1) is 4.66. The Balaban J connectivity index is 0. The second-order valence-electron chi connectivity index (χ2n) is 2.23. The predicted octanol–water partition coefficient (Wildman–Crippen LogP) is 1.13. The van der Waals surface area contributed by atoms with Gasteiger partial charge in [0.1, 0.15) is 5.78 Å². The van der Waals surface area contributed by atoms with Gasteiger partial charge in [-0.25, -0.2) is 0 Å². The Morgan fingerprint density at radius 1 is 1.27 bits per heavy atom. The molecule has 0 bridgehead atoms. The summed E-state index contributed by atoms with van der Waals surface area (Å²) in [5.74, 6) is 0.144. The van der Waals surface area contributed by atoms with E-state index in [0.29, 0.717) is 19.3 Å². The van der Waals surface area contributed by atoms with E-state index in [-0.39, 0.29) is 19.1 Å². The molecule has 1 amide bonds. The van der Waals surface area contributed by atoms with Crippen LogP contribution in [0, 0.1) is 0 Å². The quantitative estimate of drug-likeness (QED) is 0.668. The number of amides is 1. The molecule has 0 radical (unpaired) electrons. The highest BCUT2D eigenvalue weighted by atomic mass is 16.1. The lowest BCUT2D eigenvalue weighted by Crippen LogP contribution is -2.17. The highest BCUT2D eigenvalue weighted by Crippen LogP contribution is 1.94. The number of hydrogen-bond acceptors (Lipinski definition) is 2. The van der Waals surface area contributed by atoms with Crippen LogP contribution >= 0.6 is 0 Å². The van der Waals surface area contributed by atoms with Crippen molar-refractivity contribution in [3.8, 4) is 0 Å². The summed E-state index contributed by atoms with van der Waals surface area (Å²) in [5.41, 5.74) is 0. The zero-order chi connectivity index (χ0) is 7.98. The van der Waals surface area contributed by atoms with Crippen LogP contribution in [-0.4, -0.2) is 18.7 Å². The lowest BCUT2D eigenvalue weighted by molar-refractivity contribution is -0.121. The minimum atomic E-state index is 0. The van der Waals surface area contributed by atoms with E-state index in [1.54, 1.807) is 7.05 Å². The van der Waals surface area contributed by atoms with Crippen LogP contribution in [0.25, 0.3) is 0 Å². The standard InChI is InChI=1S/C7H13NO2.CH4/c1-6(9)4-3-5-7(10)8-2;/h3-5H2,1-2H3,(H,8,10);1H4. The molecule has 0 fully saturated rings. The second-order valence-corrected chi connectivity index (χ2v) is 2.23. The average molecular weight is 159 g/mol. The van der Waals surface area contributed by atoms with Crippen LogP contribution in [0.4, 0.5) is 0 Å². The van der Waals surface area contributed by atoms with Gasteiger partial charge in [0.15, 0.2) is 0 Å². The molecule has 11 heavy (non-hydrogen) atoms. The summed E-state index contributed by atoms with van der Waals surface area (Å²) >= 11 is 0. The summed E-state index contributed by atoms with van der Waals surface area (Å²) in [7, 11) is 1.59. The average Bonchev–Trinajstić information content (AvgIpc) is 1.87. The number of Topliss-reactive ketones (excluding diaryl/α,β-unsaturated/α-hetero) is 1. The van der Waals surface area contributed by atoms with E-state index in [1.165, 1.54) is 6.92 Å². The molecule has 0 spiro atoms. The molecule has 0 aromatic heterocycles. The number of carbonyl (C=O) groups excluding carboxylic acids is 2. The first-order valence-electron chi connectivity index (χ1n) is 3.37. The fourth-order valence-electron chi connectivity index (χ4n) is 0.623. The van der Waals surface area contributed by atoms with Gasteiger partial charge in [-0.05, 0) is 13.3 Å². The molecule has 1 N–H and O–H groups in total. The Labute approximate surface area is 68.2 Å². The summed E-state index contributed by atoms with van der Waals surface area (Å²) in [6.07, 6.45) is 1.62. The SMILES string of the molecule is C.CNC(=O)CCCC(C)=O. The Kier molecular flexibility index (Phi) is 8.43. The maximum absolute atomic E-state index is 10.6. The zero-order valence-electron chi connectivity index (χ0n) is 6.44. The maximum Gasteiger partial charge on any atom is 0.219 e. The van der Waals surface area contributed by atoms with E-state index in [0.717, 1.165) is 0 Å². The largest absolute Gasteiger partial charge is 0.359 e. The molecular formula is C8H17NO2. The van der Waals surface area contributed by atoms with E-state index >= 15 is 0 Å². The number of ketones is 1. The predicted molar refractivity (Wildman–Crippen MR) is 45.3 cm³/mol. The van der Waals surface area contributed by atoms with Crippen molar-refractivity contribution in [2.45, 2.75) is 33.6 Å². The molecule has 0 heterocycles. The van der Waals surface area contributed by atoms with Crippen LogP contribution in [0.3, 0.4) is 0 Å². The van der Waals surface area contributed by atoms with Crippen LogP contribution in [0.15, 0.2) is 0 Å². The van der Waals surface area contributed by atoms with Crippen molar-refractivity contribution >= 4 is 11.7 Å². The highest BCUT2D eigenvalue weighted by molar-refractivity contribution is 5.78. The van der Waals surface area contributed by atoms with Gasteiger partial charge in [0.2, 0.25) is 5.91 Å². The van der Waals surface area contributed by atoms with E-state index < -0.39 is 0 Å². The molecule has 0 aromatic rings. The molecule has 0 atom stereocenters. The molecule has 3 nitrogen and oxygen atoms in total. The van der Waals surface area contributed by atoms with Crippen LogP contribution in [-0.2, 0) is 9.59 Å². The highest BCUT2D eigenvalue weighted by Gasteiger charge is 1.98. The number of rotatable bonds is 4. The van der Waals surface area contributed by atoms with Crippen molar-refractivity contribution in [3.63, 3.8) is 0 Å². The maximum atomic E-state index is 10.6. The van der Waals surface area contributed by atoms with Crippen molar-refractivity contribution in [1.82, 2.24) is 5.32 Å². The topological polar surface area (TPSA) is 46.2 Å². The lowest BCUT2D eigenvalue weighted by atomic mass is 10.2. The molecule has 0 unspecified atom stereocenters. The fraction of sp³-hybridized carbons (Fsp3) is 0.750. The van der Waals surface area contributed by atoms with Crippen LogP contribution in [0.5, 0.6) is 0 Å². The minimum Gasteiger partial charge on any atom is -0.359 e. The molecule has 0 aliphatic rings. The molecular weight excluding hydrogens is 142 g/mol. The molecule has 0 aromatic carbocycles. The molecule has 0 aliphatic heterocycles.